The molecule has 0 fully saturated rings. The van der Waals surface area contributed by atoms with E-state index < -0.39 is 0 Å². The number of nitriles is 1. The lowest BCUT2D eigenvalue weighted by Crippen LogP contribution is -2.00. The second-order valence-corrected chi connectivity index (χ2v) is 4.38. The highest BCUT2D eigenvalue weighted by atomic mass is 16.7. The molecule has 4 heteroatoms. The fourth-order valence-corrected chi connectivity index (χ4v) is 2.13. The van der Waals surface area contributed by atoms with E-state index in [2.05, 4.69) is 6.07 Å². The van der Waals surface area contributed by atoms with Gasteiger partial charge in [-0.25, -0.2) is 0 Å². The van der Waals surface area contributed by atoms with Gasteiger partial charge in [-0.1, -0.05) is 30.3 Å². The Morgan fingerprint density at radius 1 is 1.05 bits per heavy atom. The molecular formula is C16H13NO3. The zero-order valence-corrected chi connectivity index (χ0v) is 10.8. The van der Waals surface area contributed by atoms with Gasteiger partial charge in [0.1, 0.15) is 6.61 Å². The second-order valence-electron chi connectivity index (χ2n) is 4.38. The lowest BCUT2D eigenvalue weighted by atomic mass is 10.1. The second kappa shape index (κ2) is 5.54. The maximum absolute atomic E-state index is 8.83. The maximum atomic E-state index is 8.83. The van der Waals surface area contributed by atoms with Gasteiger partial charge < -0.3 is 14.2 Å². The zero-order chi connectivity index (χ0) is 13.8. The van der Waals surface area contributed by atoms with Crippen LogP contribution in [0.2, 0.25) is 0 Å². The molecule has 0 radical (unpaired) electrons. The lowest BCUT2D eigenvalue weighted by molar-refractivity contribution is 0.169. The number of fused-ring (bicyclic) bond motifs is 1. The van der Waals surface area contributed by atoms with Crippen LogP contribution in [-0.2, 0) is 13.0 Å². The minimum Gasteiger partial charge on any atom is -0.485 e. The van der Waals surface area contributed by atoms with Gasteiger partial charge in [0.15, 0.2) is 11.5 Å². The molecule has 0 atom stereocenters. The number of hydrogen-bond donors (Lipinski definition) is 0. The molecule has 1 aliphatic heterocycles. The molecule has 0 saturated heterocycles. The summed E-state index contributed by atoms with van der Waals surface area (Å²) in [5.41, 5.74) is 1.99. The number of benzene rings is 2. The average Bonchev–Trinajstić information content (AvgIpc) is 2.96. The van der Waals surface area contributed by atoms with E-state index in [9.17, 15) is 0 Å². The summed E-state index contributed by atoms with van der Waals surface area (Å²) in [6.07, 6.45) is 0.381. The highest BCUT2D eigenvalue weighted by molar-refractivity contribution is 5.52. The Morgan fingerprint density at radius 3 is 2.75 bits per heavy atom. The number of para-hydroxylation sites is 1. The van der Waals surface area contributed by atoms with Crippen molar-refractivity contribution in [1.29, 1.82) is 5.26 Å². The Labute approximate surface area is 117 Å². The van der Waals surface area contributed by atoms with Gasteiger partial charge >= 0.3 is 0 Å². The molecule has 2 aromatic carbocycles. The Kier molecular flexibility index (Phi) is 3.42. The first kappa shape index (κ1) is 12.4. The molecule has 0 aliphatic carbocycles. The normalized spacial score (nSPS) is 11.9. The Bertz CT molecular complexity index is 661. The summed E-state index contributed by atoms with van der Waals surface area (Å²) in [5.74, 6) is 2.00. The van der Waals surface area contributed by atoms with Crippen LogP contribution in [0.5, 0.6) is 17.2 Å². The third-order valence-corrected chi connectivity index (χ3v) is 3.13. The van der Waals surface area contributed by atoms with Gasteiger partial charge in [-0.2, -0.15) is 5.26 Å². The summed E-state index contributed by atoms with van der Waals surface area (Å²) in [7, 11) is 0. The van der Waals surface area contributed by atoms with E-state index in [0.717, 1.165) is 11.1 Å². The summed E-state index contributed by atoms with van der Waals surface area (Å²) >= 11 is 0. The third kappa shape index (κ3) is 2.39. The molecule has 0 bridgehead atoms. The molecule has 100 valence electrons. The molecule has 0 spiro atoms. The molecule has 1 heterocycles. The van der Waals surface area contributed by atoms with Crippen LogP contribution in [0.25, 0.3) is 0 Å². The molecule has 3 rings (SSSR count). The lowest BCUT2D eigenvalue weighted by Gasteiger charge is -2.10. The minimum absolute atomic E-state index is 0.223. The summed E-state index contributed by atoms with van der Waals surface area (Å²) < 4.78 is 16.5. The van der Waals surface area contributed by atoms with Crippen LogP contribution >= 0.6 is 0 Å². The van der Waals surface area contributed by atoms with Crippen LogP contribution < -0.4 is 14.2 Å². The topological polar surface area (TPSA) is 51.5 Å². The van der Waals surface area contributed by atoms with Gasteiger partial charge in [0.25, 0.3) is 0 Å². The van der Waals surface area contributed by atoms with Gasteiger partial charge in [0.2, 0.25) is 12.5 Å². The van der Waals surface area contributed by atoms with Crippen molar-refractivity contribution < 1.29 is 14.2 Å². The van der Waals surface area contributed by atoms with Crippen LogP contribution in [0.15, 0.2) is 42.5 Å². The minimum atomic E-state index is 0.223. The Morgan fingerprint density at radius 2 is 1.90 bits per heavy atom. The maximum Gasteiger partial charge on any atom is 0.231 e. The van der Waals surface area contributed by atoms with Gasteiger partial charge in [-0.05, 0) is 23.3 Å². The summed E-state index contributed by atoms with van der Waals surface area (Å²) in [6, 6.07) is 15.5. The van der Waals surface area contributed by atoms with Crippen LogP contribution in [0.4, 0.5) is 0 Å². The van der Waals surface area contributed by atoms with E-state index in [4.69, 9.17) is 19.5 Å². The number of ether oxygens (including phenoxy) is 3. The van der Waals surface area contributed by atoms with Crippen molar-refractivity contribution in [1.82, 2.24) is 0 Å². The van der Waals surface area contributed by atoms with E-state index in [1.54, 1.807) is 0 Å². The molecule has 0 aromatic heterocycles. The third-order valence-electron chi connectivity index (χ3n) is 3.13. The SMILES string of the molecule is N#CCc1ccccc1COc1cccc2c1OCO2. The largest absolute Gasteiger partial charge is 0.485 e. The first-order chi connectivity index (χ1) is 9.88. The van der Waals surface area contributed by atoms with Gasteiger partial charge in [-0.15, -0.1) is 0 Å². The molecule has 0 N–H and O–H groups in total. The van der Waals surface area contributed by atoms with E-state index in [0.29, 0.717) is 30.3 Å². The smallest absolute Gasteiger partial charge is 0.231 e. The van der Waals surface area contributed by atoms with E-state index in [-0.39, 0.29) is 6.79 Å². The summed E-state index contributed by atoms with van der Waals surface area (Å²) in [5, 5.41) is 8.83. The first-order valence-electron chi connectivity index (χ1n) is 6.33. The van der Waals surface area contributed by atoms with Gasteiger partial charge in [-0.3, -0.25) is 0 Å². The van der Waals surface area contributed by atoms with Gasteiger partial charge in [0, 0.05) is 0 Å². The first-order valence-corrected chi connectivity index (χ1v) is 6.33. The summed E-state index contributed by atoms with van der Waals surface area (Å²) in [6.45, 7) is 0.623. The molecule has 4 nitrogen and oxygen atoms in total. The fourth-order valence-electron chi connectivity index (χ4n) is 2.13. The zero-order valence-electron chi connectivity index (χ0n) is 10.8. The van der Waals surface area contributed by atoms with Crippen molar-refractivity contribution in [2.75, 3.05) is 6.79 Å². The van der Waals surface area contributed by atoms with E-state index in [1.165, 1.54) is 0 Å². The predicted molar refractivity (Wildman–Crippen MR) is 72.7 cm³/mol. The molecule has 0 amide bonds. The van der Waals surface area contributed by atoms with Crippen molar-refractivity contribution in [2.45, 2.75) is 13.0 Å². The van der Waals surface area contributed by atoms with Gasteiger partial charge in [0.05, 0.1) is 12.5 Å². The van der Waals surface area contributed by atoms with Crippen molar-refractivity contribution in [3.05, 3.63) is 53.6 Å². The summed E-state index contributed by atoms with van der Waals surface area (Å²) in [4.78, 5) is 0. The molecule has 0 saturated carbocycles. The predicted octanol–water partition coefficient (Wildman–Crippen LogP) is 3.06. The number of hydrogen-bond acceptors (Lipinski definition) is 4. The van der Waals surface area contributed by atoms with Crippen LogP contribution in [0.1, 0.15) is 11.1 Å². The van der Waals surface area contributed by atoms with Crippen LogP contribution in [0.3, 0.4) is 0 Å². The fraction of sp³-hybridized carbons (Fsp3) is 0.188. The molecule has 0 unspecified atom stereocenters. The van der Waals surface area contributed by atoms with Crippen molar-refractivity contribution >= 4 is 0 Å². The Balaban J connectivity index is 1.78. The molecule has 1 aliphatic rings. The number of nitrogens with zero attached hydrogens (tertiary/aromatic N) is 1. The monoisotopic (exact) mass is 267 g/mol. The van der Waals surface area contributed by atoms with E-state index in [1.807, 2.05) is 42.5 Å². The van der Waals surface area contributed by atoms with Crippen molar-refractivity contribution in [3.8, 4) is 23.3 Å². The van der Waals surface area contributed by atoms with E-state index >= 15 is 0 Å². The van der Waals surface area contributed by atoms with Crippen molar-refractivity contribution in [2.24, 2.45) is 0 Å². The number of rotatable bonds is 4. The standard InChI is InChI=1S/C16H13NO3/c17-9-8-12-4-1-2-5-13(12)10-18-14-6-3-7-15-16(14)20-11-19-15/h1-7H,8,10-11H2. The van der Waals surface area contributed by atoms with Crippen molar-refractivity contribution in [3.63, 3.8) is 0 Å². The molecule has 2 aromatic rings. The highest BCUT2D eigenvalue weighted by Gasteiger charge is 2.18. The quantitative estimate of drug-likeness (QED) is 0.854. The highest BCUT2D eigenvalue weighted by Crippen LogP contribution is 2.40. The molecule has 20 heavy (non-hydrogen) atoms. The average molecular weight is 267 g/mol. The molecular weight excluding hydrogens is 254 g/mol. The van der Waals surface area contributed by atoms with Crippen LogP contribution in [0, 0.1) is 11.3 Å². The Hall–Kier alpha value is -2.67. The van der Waals surface area contributed by atoms with Crippen LogP contribution in [-0.4, -0.2) is 6.79 Å².